The topological polar surface area (TPSA) is 129 Å². The number of hydrogen-bond acceptors (Lipinski definition) is 7. The number of hydrazine groups is 1. The number of benzene rings is 2. The highest BCUT2D eigenvalue weighted by Gasteiger charge is 2.26. The number of ether oxygens (including phenoxy) is 1. The third-order valence-corrected chi connectivity index (χ3v) is 5.75. The van der Waals surface area contributed by atoms with Crippen molar-refractivity contribution in [2.75, 3.05) is 26.0 Å². The van der Waals surface area contributed by atoms with Crippen molar-refractivity contribution in [2.45, 2.75) is 25.4 Å². The molecule has 176 valence electrons. The Balaban J connectivity index is 1.48. The monoisotopic (exact) mass is 459 g/mol. The van der Waals surface area contributed by atoms with E-state index < -0.39 is 0 Å². The van der Waals surface area contributed by atoms with Crippen LogP contribution in [0, 0.1) is 5.41 Å². The van der Waals surface area contributed by atoms with Gasteiger partial charge in [0.1, 0.15) is 5.69 Å². The van der Waals surface area contributed by atoms with Crippen molar-refractivity contribution in [3.8, 4) is 11.3 Å². The molecule has 1 atom stereocenters. The molecule has 0 saturated carbocycles. The molecule has 1 aliphatic heterocycles. The first-order valence-corrected chi connectivity index (χ1v) is 11.2. The Morgan fingerprint density at radius 2 is 2.06 bits per heavy atom. The van der Waals surface area contributed by atoms with Crippen LogP contribution in [0.1, 0.15) is 34.5 Å². The molecule has 34 heavy (non-hydrogen) atoms. The summed E-state index contributed by atoms with van der Waals surface area (Å²) < 4.78 is 5.28. The van der Waals surface area contributed by atoms with Crippen molar-refractivity contribution in [3.63, 3.8) is 0 Å². The van der Waals surface area contributed by atoms with Crippen LogP contribution < -0.4 is 16.5 Å². The quantitative estimate of drug-likeness (QED) is 0.301. The number of rotatable bonds is 8. The molecule has 1 amide bonds. The molecule has 2 aromatic carbocycles. The highest BCUT2D eigenvalue weighted by molar-refractivity contribution is 5.99. The molecule has 4 rings (SSSR count). The molecule has 9 heteroatoms. The molecule has 3 aromatic rings. The zero-order chi connectivity index (χ0) is 23.9. The van der Waals surface area contributed by atoms with E-state index in [0.717, 1.165) is 24.9 Å². The van der Waals surface area contributed by atoms with Crippen LogP contribution >= 0.6 is 0 Å². The van der Waals surface area contributed by atoms with E-state index in [0.29, 0.717) is 30.0 Å². The predicted octanol–water partition coefficient (Wildman–Crippen LogP) is 2.60. The minimum absolute atomic E-state index is 0.0756. The average Bonchev–Trinajstić information content (AvgIpc) is 3.30. The molecule has 9 nitrogen and oxygen atoms in total. The zero-order valence-corrected chi connectivity index (χ0v) is 19.1. The van der Waals surface area contributed by atoms with Gasteiger partial charge in [-0.2, -0.15) is 0 Å². The van der Waals surface area contributed by atoms with E-state index in [1.165, 1.54) is 0 Å². The van der Waals surface area contributed by atoms with Crippen LogP contribution in [-0.4, -0.2) is 53.0 Å². The van der Waals surface area contributed by atoms with Crippen molar-refractivity contribution in [1.29, 1.82) is 5.41 Å². The number of aromatic nitrogens is 2. The van der Waals surface area contributed by atoms with Gasteiger partial charge >= 0.3 is 0 Å². The van der Waals surface area contributed by atoms with E-state index in [4.69, 9.17) is 15.9 Å². The Hall–Kier alpha value is -3.82. The summed E-state index contributed by atoms with van der Waals surface area (Å²) in [6.45, 7) is 1.84. The third kappa shape index (κ3) is 5.56. The molecule has 2 heterocycles. The number of carbonyl (C=O) groups is 1. The molecule has 0 radical (unpaired) electrons. The number of anilines is 1. The fourth-order valence-electron chi connectivity index (χ4n) is 3.97. The standard InChI is InChI=1S/C25H29N7O2/c1-34-16-20-11-6-12-32(20)31-24(27)22-23(26)28-15-21(30-22)18-9-5-10-19(13-18)25(33)29-14-17-7-3-2-4-8-17/h2-5,7-10,13,15,20H,6,11-12,14,16H2,1H3,(H2,26,28)(H2,27,31)(H,29,33)/t20-/m1/s1. The number of nitrogens with zero attached hydrogens (tertiary/aromatic N) is 3. The van der Waals surface area contributed by atoms with E-state index in [1.807, 2.05) is 41.4 Å². The minimum Gasteiger partial charge on any atom is -0.383 e. The largest absolute Gasteiger partial charge is 0.383 e. The number of amides is 1. The van der Waals surface area contributed by atoms with Gasteiger partial charge in [-0.1, -0.05) is 42.5 Å². The number of hydrogen-bond donors (Lipinski definition) is 4. The van der Waals surface area contributed by atoms with Gasteiger partial charge in [0.2, 0.25) is 0 Å². The summed E-state index contributed by atoms with van der Waals surface area (Å²) in [6, 6.07) is 17.1. The summed E-state index contributed by atoms with van der Waals surface area (Å²) >= 11 is 0. The third-order valence-electron chi connectivity index (χ3n) is 5.75. The van der Waals surface area contributed by atoms with E-state index in [-0.39, 0.29) is 29.3 Å². The maximum absolute atomic E-state index is 12.7. The molecule has 0 aliphatic carbocycles. The van der Waals surface area contributed by atoms with Crippen molar-refractivity contribution in [1.82, 2.24) is 25.7 Å². The van der Waals surface area contributed by atoms with Crippen LogP contribution in [0.3, 0.4) is 0 Å². The number of amidine groups is 1. The molecule has 1 fully saturated rings. The number of nitrogen functional groups attached to an aromatic ring is 1. The Kier molecular flexibility index (Phi) is 7.46. The number of carbonyl (C=O) groups excluding carboxylic acids is 1. The van der Waals surface area contributed by atoms with Gasteiger partial charge in [-0.3, -0.25) is 10.2 Å². The van der Waals surface area contributed by atoms with Crippen molar-refractivity contribution >= 4 is 17.6 Å². The van der Waals surface area contributed by atoms with E-state index in [2.05, 4.69) is 20.7 Å². The maximum Gasteiger partial charge on any atom is 0.251 e. The Bertz CT molecular complexity index is 1150. The number of nitrogens with one attached hydrogen (secondary N) is 3. The van der Waals surface area contributed by atoms with Crippen molar-refractivity contribution in [2.24, 2.45) is 0 Å². The van der Waals surface area contributed by atoms with Gasteiger partial charge in [0.15, 0.2) is 11.7 Å². The zero-order valence-electron chi connectivity index (χ0n) is 19.1. The lowest BCUT2D eigenvalue weighted by Crippen LogP contribution is -2.47. The fourth-order valence-corrected chi connectivity index (χ4v) is 3.97. The van der Waals surface area contributed by atoms with Crippen molar-refractivity contribution < 1.29 is 9.53 Å². The van der Waals surface area contributed by atoms with Crippen LogP contribution in [0.4, 0.5) is 5.82 Å². The second kappa shape index (κ2) is 10.9. The van der Waals surface area contributed by atoms with E-state index in [1.54, 1.807) is 31.5 Å². The van der Waals surface area contributed by atoms with Gasteiger partial charge in [-0.25, -0.2) is 15.0 Å². The molecule has 1 aliphatic rings. The van der Waals surface area contributed by atoms with Crippen LogP contribution in [0.25, 0.3) is 11.3 Å². The number of nitrogens with two attached hydrogens (primary N) is 1. The van der Waals surface area contributed by atoms with E-state index in [9.17, 15) is 4.79 Å². The summed E-state index contributed by atoms with van der Waals surface area (Å²) in [5.74, 6) is 0.0640. The maximum atomic E-state index is 12.7. The molecule has 1 saturated heterocycles. The molecular formula is C25H29N7O2. The summed E-state index contributed by atoms with van der Waals surface area (Å²) in [4.78, 5) is 21.5. The highest BCUT2D eigenvalue weighted by atomic mass is 16.5. The second-order valence-corrected chi connectivity index (χ2v) is 8.17. The first-order valence-electron chi connectivity index (χ1n) is 11.2. The fraction of sp³-hybridized carbons (Fsp3) is 0.280. The summed E-state index contributed by atoms with van der Waals surface area (Å²) in [5.41, 5.74) is 12.2. The average molecular weight is 460 g/mol. The van der Waals surface area contributed by atoms with Gasteiger partial charge < -0.3 is 21.2 Å². The molecule has 0 spiro atoms. The number of methoxy groups -OCH3 is 1. The molecular weight excluding hydrogens is 430 g/mol. The summed E-state index contributed by atoms with van der Waals surface area (Å²) in [7, 11) is 1.67. The van der Waals surface area contributed by atoms with Crippen molar-refractivity contribution in [3.05, 3.63) is 77.6 Å². The van der Waals surface area contributed by atoms with E-state index >= 15 is 0 Å². The van der Waals surface area contributed by atoms with Crippen LogP contribution in [0.5, 0.6) is 0 Å². The lowest BCUT2D eigenvalue weighted by molar-refractivity contribution is 0.0951. The van der Waals surface area contributed by atoms with Crippen LogP contribution in [-0.2, 0) is 11.3 Å². The van der Waals surface area contributed by atoms with Gasteiger partial charge in [0.25, 0.3) is 5.91 Å². The Morgan fingerprint density at radius 3 is 2.85 bits per heavy atom. The lowest BCUT2D eigenvalue weighted by atomic mass is 10.1. The van der Waals surface area contributed by atoms with Gasteiger partial charge in [-0.15, -0.1) is 0 Å². The molecule has 0 unspecified atom stereocenters. The summed E-state index contributed by atoms with van der Waals surface area (Å²) in [6.07, 6.45) is 3.57. The van der Waals surface area contributed by atoms with Crippen LogP contribution in [0.15, 0.2) is 60.8 Å². The smallest absolute Gasteiger partial charge is 0.251 e. The first kappa shape index (κ1) is 23.3. The highest BCUT2D eigenvalue weighted by Crippen LogP contribution is 2.21. The summed E-state index contributed by atoms with van der Waals surface area (Å²) in [5, 5.41) is 13.4. The predicted molar refractivity (Wildman–Crippen MR) is 131 cm³/mol. The van der Waals surface area contributed by atoms with Crippen LogP contribution in [0.2, 0.25) is 0 Å². The Morgan fingerprint density at radius 1 is 1.24 bits per heavy atom. The normalized spacial score (nSPS) is 15.7. The second-order valence-electron chi connectivity index (χ2n) is 8.17. The first-order chi connectivity index (χ1) is 16.5. The Labute approximate surface area is 198 Å². The SMILES string of the molecule is COC[C@H]1CCCN1NC(=N)c1nc(-c2cccc(C(=O)NCc3ccccc3)c2)cnc1N. The molecule has 1 aromatic heterocycles. The van der Waals surface area contributed by atoms with Gasteiger partial charge in [0.05, 0.1) is 24.5 Å². The molecule has 5 N–H and O–H groups in total. The minimum atomic E-state index is -0.179. The molecule has 0 bridgehead atoms. The lowest BCUT2D eigenvalue weighted by Gasteiger charge is -2.25. The van der Waals surface area contributed by atoms with Gasteiger partial charge in [-0.05, 0) is 30.5 Å². The van der Waals surface area contributed by atoms with Gasteiger partial charge in [0, 0.05) is 31.3 Å².